The number of ketones is 2. The molecule has 0 saturated carbocycles. The van der Waals surface area contributed by atoms with E-state index in [2.05, 4.69) is 10.8 Å². The monoisotopic (exact) mass is 350 g/mol. The lowest BCUT2D eigenvalue weighted by atomic mass is 10.1. The van der Waals surface area contributed by atoms with Crippen LogP contribution in [-0.2, 0) is 25.7 Å². The number of ether oxygens (including phenoxy) is 1. The Morgan fingerprint density at radius 2 is 1.92 bits per heavy atom. The molecule has 0 radical (unpaired) electrons. The van der Waals surface area contributed by atoms with Gasteiger partial charge >= 0.3 is 5.97 Å². The van der Waals surface area contributed by atoms with Crippen LogP contribution in [0.2, 0.25) is 0 Å². The lowest BCUT2D eigenvalue weighted by molar-refractivity contribution is -0.154. The summed E-state index contributed by atoms with van der Waals surface area (Å²) in [6.45, 7) is 2.26. The summed E-state index contributed by atoms with van der Waals surface area (Å²) >= 11 is 0. The fourth-order valence-electron chi connectivity index (χ4n) is 2.28. The van der Waals surface area contributed by atoms with Gasteiger partial charge in [0.25, 0.3) is 0 Å². The lowest BCUT2D eigenvalue weighted by Crippen LogP contribution is -2.19. The third-order valence-electron chi connectivity index (χ3n) is 3.58. The number of aromatic nitrogens is 1. The molecule has 0 amide bonds. The largest absolute Gasteiger partial charge is 0.460 e. The third-order valence-corrected chi connectivity index (χ3v) is 3.58. The summed E-state index contributed by atoms with van der Waals surface area (Å²) in [6, 6.07) is 13.0. The highest BCUT2D eigenvalue weighted by Gasteiger charge is 2.17. The second-order valence-electron chi connectivity index (χ2n) is 5.49. The number of allylic oxidation sites excluding steroid dienone is 1. The van der Waals surface area contributed by atoms with E-state index in [1.165, 1.54) is 6.08 Å². The van der Waals surface area contributed by atoms with Crippen molar-refractivity contribution in [3.05, 3.63) is 65.5 Å². The summed E-state index contributed by atoms with van der Waals surface area (Å²) < 4.78 is 6.50. The lowest BCUT2D eigenvalue weighted by Gasteiger charge is -2.06. The molecule has 0 saturated heterocycles. The average molecular weight is 350 g/mol. The van der Waals surface area contributed by atoms with Gasteiger partial charge < -0.3 is 9.30 Å². The average Bonchev–Trinajstić information content (AvgIpc) is 3.07. The van der Waals surface area contributed by atoms with Gasteiger partial charge in [0.15, 0.2) is 5.78 Å². The van der Waals surface area contributed by atoms with Crippen molar-refractivity contribution < 1.29 is 19.1 Å². The third kappa shape index (κ3) is 5.28. The van der Waals surface area contributed by atoms with Gasteiger partial charge in [-0.2, -0.15) is 5.26 Å². The molecule has 0 aliphatic heterocycles. The van der Waals surface area contributed by atoms with Gasteiger partial charge in [-0.15, -0.1) is 0 Å². The standard InChI is InChI=1S/C20H18N2O4/c1-2-26-20(25)19(24)12-18(23)10-9-17-4-3-11-22(17)14-16-7-5-15(13-21)6-8-16/h3-11H,2,12,14H2,1H3/b10-9+. The first-order chi connectivity index (χ1) is 12.5. The first kappa shape index (κ1) is 18.9. The van der Waals surface area contributed by atoms with E-state index in [4.69, 9.17) is 5.26 Å². The van der Waals surface area contributed by atoms with Crippen LogP contribution in [0.5, 0.6) is 0 Å². The van der Waals surface area contributed by atoms with Crippen molar-refractivity contribution in [1.82, 2.24) is 4.57 Å². The van der Waals surface area contributed by atoms with Crippen molar-refractivity contribution in [1.29, 1.82) is 5.26 Å². The molecular weight excluding hydrogens is 332 g/mol. The molecule has 2 aromatic rings. The van der Waals surface area contributed by atoms with Crippen molar-refractivity contribution in [2.45, 2.75) is 19.9 Å². The quantitative estimate of drug-likeness (QED) is 0.316. The second kappa shape index (κ2) is 9.14. The van der Waals surface area contributed by atoms with E-state index >= 15 is 0 Å². The van der Waals surface area contributed by atoms with Gasteiger partial charge in [0, 0.05) is 18.4 Å². The van der Waals surface area contributed by atoms with Crippen molar-refractivity contribution in [3.63, 3.8) is 0 Å². The van der Waals surface area contributed by atoms with Crippen molar-refractivity contribution >= 4 is 23.6 Å². The van der Waals surface area contributed by atoms with Crippen molar-refractivity contribution in [2.24, 2.45) is 0 Å². The van der Waals surface area contributed by atoms with E-state index in [9.17, 15) is 14.4 Å². The number of hydrogen-bond acceptors (Lipinski definition) is 5. The number of benzene rings is 1. The van der Waals surface area contributed by atoms with Gasteiger partial charge in [-0.3, -0.25) is 9.59 Å². The molecule has 0 fully saturated rings. The fraction of sp³-hybridized carbons (Fsp3) is 0.200. The predicted octanol–water partition coefficient (Wildman–Crippen LogP) is 2.51. The molecule has 132 valence electrons. The minimum atomic E-state index is -0.988. The van der Waals surface area contributed by atoms with Gasteiger partial charge in [-0.1, -0.05) is 12.1 Å². The molecule has 1 heterocycles. The molecule has 6 heteroatoms. The van der Waals surface area contributed by atoms with Gasteiger partial charge in [0.2, 0.25) is 5.78 Å². The summed E-state index contributed by atoms with van der Waals surface area (Å²) in [6.07, 6.45) is 4.24. The number of hydrogen-bond donors (Lipinski definition) is 0. The van der Waals surface area contributed by atoms with Gasteiger partial charge in [0.1, 0.15) is 0 Å². The molecule has 0 spiro atoms. The number of nitrogens with zero attached hydrogens (tertiary/aromatic N) is 2. The van der Waals surface area contributed by atoms with Crippen LogP contribution in [-0.4, -0.2) is 28.7 Å². The number of nitriles is 1. The van der Waals surface area contributed by atoms with Crippen molar-refractivity contribution in [3.8, 4) is 6.07 Å². The topological polar surface area (TPSA) is 89.2 Å². The smallest absolute Gasteiger partial charge is 0.375 e. The first-order valence-corrected chi connectivity index (χ1v) is 8.08. The summed E-state index contributed by atoms with van der Waals surface area (Å²) in [5.74, 6) is -2.30. The van der Waals surface area contributed by atoms with Crippen LogP contribution in [0, 0.1) is 11.3 Å². The van der Waals surface area contributed by atoms with Gasteiger partial charge in [0.05, 0.1) is 24.7 Å². The van der Waals surface area contributed by atoms with Crippen LogP contribution in [0.3, 0.4) is 0 Å². The summed E-state index contributed by atoms with van der Waals surface area (Å²) in [5.41, 5.74) is 2.39. The molecule has 0 aliphatic rings. The second-order valence-corrected chi connectivity index (χ2v) is 5.49. The molecule has 2 rings (SSSR count). The summed E-state index contributed by atoms with van der Waals surface area (Å²) in [5, 5.41) is 8.83. The highest BCUT2D eigenvalue weighted by Crippen LogP contribution is 2.11. The number of Topliss-reactive ketones (excluding diaryl/α,β-unsaturated/α-hetero) is 1. The normalized spacial score (nSPS) is 10.5. The molecule has 26 heavy (non-hydrogen) atoms. The first-order valence-electron chi connectivity index (χ1n) is 8.08. The fourth-order valence-corrected chi connectivity index (χ4v) is 2.28. The Bertz CT molecular complexity index is 870. The number of carbonyl (C=O) groups is 3. The van der Waals surface area contributed by atoms with E-state index < -0.39 is 24.0 Å². The predicted molar refractivity (Wildman–Crippen MR) is 95.0 cm³/mol. The highest BCUT2D eigenvalue weighted by atomic mass is 16.5. The van der Waals surface area contributed by atoms with Crippen LogP contribution in [0.15, 0.2) is 48.7 Å². The molecule has 0 atom stereocenters. The maximum absolute atomic E-state index is 11.8. The SMILES string of the molecule is CCOC(=O)C(=O)CC(=O)/C=C/c1cccn1Cc1ccc(C#N)cc1. The molecule has 1 aromatic heterocycles. The molecule has 0 N–H and O–H groups in total. The minimum Gasteiger partial charge on any atom is -0.460 e. The molecule has 0 unspecified atom stereocenters. The van der Waals surface area contributed by atoms with Crippen LogP contribution in [0.25, 0.3) is 6.08 Å². The van der Waals surface area contributed by atoms with E-state index in [0.29, 0.717) is 12.1 Å². The summed E-state index contributed by atoms with van der Waals surface area (Å²) in [4.78, 5) is 34.6. The van der Waals surface area contributed by atoms with Crippen LogP contribution in [0.1, 0.15) is 30.2 Å². The van der Waals surface area contributed by atoms with E-state index in [-0.39, 0.29) is 6.61 Å². The molecule has 0 aliphatic carbocycles. The van der Waals surface area contributed by atoms with Crippen LogP contribution >= 0.6 is 0 Å². The Morgan fingerprint density at radius 3 is 2.58 bits per heavy atom. The maximum atomic E-state index is 11.8. The van der Waals surface area contributed by atoms with Crippen LogP contribution < -0.4 is 0 Å². The molecule has 6 nitrogen and oxygen atoms in total. The zero-order chi connectivity index (χ0) is 18.9. The summed E-state index contributed by atoms with van der Waals surface area (Å²) in [7, 11) is 0. The Balaban J connectivity index is 2.00. The van der Waals surface area contributed by atoms with E-state index in [1.54, 1.807) is 25.1 Å². The number of carbonyl (C=O) groups excluding carboxylic acids is 3. The van der Waals surface area contributed by atoms with E-state index in [0.717, 1.165) is 11.3 Å². The molecular formula is C20H18N2O4. The Labute approximate surface area is 151 Å². The zero-order valence-corrected chi connectivity index (χ0v) is 14.3. The van der Waals surface area contributed by atoms with Gasteiger partial charge in [-0.25, -0.2) is 4.79 Å². The van der Waals surface area contributed by atoms with Gasteiger partial charge in [-0.05, 0) is 48.9 Å². The Kier molecular flexibility index (Phi) is 6.63. The molecule has 1 aromatic carbocycles. The van der Waals surface area contributed by atoms with Crippen LogP contribution in [0.4, 0.5) is 0 Å². The van der Waals surface area contributed by atoms with E-state index in [1.807, 2.05) is 35.0 Å². The number of esters is 1. The molecule has 0 bridgehead atoms. The minimum absolute atomic E-state index is 0.0947. The van der Waals surface area contributed by atoms with Crippen molar-refractivity contribution in [2.75, 3.05) is 6.61 Å². The Morgan fingerprint density at radius 1 is 1.19 bits per heavy atom. The maximum Gasteiger partial charge on any atom is 0.375 e. The zero-order valence-electron chi connectivity index (χ0n) is 14.3. The number of rotatable bonds is 8. The Hall–Kier alpha value is -3.46. The highest BCUT2D eigenvalue weighted by molar-refractivity contribution is 6.37.